The van der Waals surface area contributed by atoms with Gasteiger partial charge in [0.2, 0.25) is 0 Å². The summed E-state index contributed by atoms with van der Waals surface area (Å²) in [5.41, 5.74) is -0.895. The standard InChI is InChI=1S/C16H21F3N2O2/c1-15(2,3)20-14(22)21-8-12(9-21)23-10-11-6-4-5-7-13(11)16(17,18)19/h4-7,12H,8-10H2,1-3H3,(H,20,22). The first kappa shape index (κ1) is 17.6. The minimum Gasteiger partial charge on any atom is -0.370 e. The lowest BCUT2D eigenvalue weighted by Crippen LogP contribution is -2.60. The molecule has 0 aliphatic carbocycles. The van der Waals surface area contributed by atoms with Crippen molar-refractivity contribution in [1.29, 1.82) is 0 Å². The van der Waals surface area contributed by atoms with Crippen molar-refractivity contribution in [2.24, 2.45) is 0 Å². The Labute approximate surface area is 133 Å². The van der Waals surface area contributed by atoms with E-state index in [1.807, 2.05) is 20.8 Å². The van der Waals surface area contributed by atoms with Crippen LogP contribution in [0.1, 0.15) is 31.9 Å². The number of hydrogen-bond acceptors (Lipinski definition) is 2. The molecule has 0 saturated carbocycles. The molecule has 0 spiro atoms. The van der Waals surface area contributed by atoms with E-state index < -0.39 is 11.7 Å². The number of nitrogens with zero attached hydrogens (tertiary/aromatic N) is 1. The molecule has 4 nitrogen and oxygen atoms in total. The second-order valence-corrected chi connectivity index (χ2v) is 6.67. The van der Waals surface area contributed by atoms with Gasteiger partial charge in [0.1, 0.15) is 0 Å². The van der Waals surface area contributed by atoms with Crippen LogP contribution in [0.3, 0.4) is 0 Å². The van der Waals surface area contributed by atoms with Crippen LogP contribution >= 0.6 is 0 Å². The number of benzene rings is 1. The van der Waals surface area contributed by atoms with E-state index >= 15 is 0 Å². The molecule has 2 amide bonds. The summed E-state index contributed by atoms with van der Waals surface area (Å²) in [5, 5.41) is 2.83. The predicted molar refractivity (Wildman–Crippen MR) is 79.9 cm³/mol. The third-order valence-corrected chi connectivity index (χ3v) is 3.41. The van der Waals surface area contributed by atoms with Gasteiger partial charge in [-0.25, -0.2) is 4.79 Å². The van der Waals surface area contributed by atoms with E-state index in [2.05, 4.69) is 5.32 Å². The van der Waals surface area contributed by atoms with Gasteiger partial charge in [-0.3, -0.25) is 0 Å². The van der Waals surface area contributed by atoms with Gasteiger partial charge in [0.05, 0.1) is 31.4 Å². The van der Waals surface area contributed by atoms with E-state index in [1.54, 1.807) is 11.0 Å². The van der Waals surface area contributed by atoms with Gasteiger partial charge < -0.3 is 15.0 Å². The molecular formula is C16H21F3N2O2. The van der Waals surface area contributed by atoms with Crippen molar-refractivity contribution >= 4 is 6.03 Å². The summed E-state index contributed by atoms with van der Waals surface area (Å²) in [7, 11) is 0. The van der Waals surface area contributed by atoms with E-state index in [4.69, 9.17) is 4.74 Å². The van der Waals surface area contributed by atoms with Crippen LogP contribution in [0, 0.1) is 0 Å². The van der Waals surface area contributed by atoms with Gasteiger partial charge in [0, 0.05) is 5.54 Å². The Bertz CT molecular complexity index is 561. The molecule has 23 heavy (non-hydrogen) atoms. The maximum absolute atomic E-state index is 12.9. The second-order valence-electron chi connectivity index (χ2n) is 6.67. The number of halogens is 3. The summed E-state index contributed by atoms with van der Waals surface area (Å²) in [6.45, 7) is 6.30. The van der Waals surface area contributed by atoms with Crippen LogP contribution in [0.2, 0.25) is 0 Å². The van der Waals surface area contributed by atoms with Crippen LogP contribution in [0.25, 0.3) is 0 Å². The van der Waals surface area contributed by atoms with Gasteiger partial charge in [-0.2, -0.15) is 13.2 Å². The minimum absolute atomic E-state index is 0.109. The van der Waals surface area contributed by atoms with Gasteiger partial charge in [-0.15, -0.1) is 0 Å². The van der Waals surface area contributed by atoms with Crippen molar-refractivity contribution in [3.8, 4) is 0 Å². The van der Waals surface area contributed by atoms with Gasteiger partial charge in [0.15, 0.2) is 0 Å². The Hall–Kier alpha value is -1.76. The maximum atomic E-state index is 12.9. The first-order chi connectivity index (χ1) is 10.6. The molecule has 1 aromatic rings. The lowest BCUT2D eigenvalue weighted by atomic mass is 10.1. The molecule has 1 saturated heterocycles. The zero-order valence-corrected chi connectivity index (χ0v) is 13.4. The average Bonchev–Trinajstić information content (AvgIpc) is 2.34. The van der Waals surface area contributed by atoms with Crippen LogP contribution in [0.15, 0.2) is 24.3 Å². The quantitative estimate of drug-likeness (QED) is 0.923. The summed E-state index contributed by atoms with van der Waals surface area (Å²) in [6.07, 6.45) is -4.62. The number of nitrogens with one attached hydrogen (secondary N) is 1. The fraction of sp³-hybridized carbons (Fsp3) is 0.562. The number of carbonyl (C=O) groups is 1. The lowest BCUT2D eigenvalue weighted by Gasteiger charge is -2.40. The number of carbonyl (C=O) groups excluding carboxylic acids is 1. The number of amides is 2. The Kier molecular flexibility index (Phi) is 4.89. The predicted octanol–water partition coefficient (Wildman–Crippen LogP) is 3.41. The zero-order valence-electron chi connectivity index (χ0n) is 13.4. The highest BCUT2D eigenvalue weighted by Gasteiger charge is 2.35. The SMILES string of the molecule is CC(C)(C)NC(=O)N1CC(OCc2ccccc2C(F)(F)F)C1. The molecule has 0 unspecified atom stereocenters. The topological polar surface area (TPSA) is 41.6 Å². The van der Waals surface area contributed by atoms with E-state index in [9.17, 15) is 18.0 Å². The van der Waals surface area contributed by atoms with Crippen molar-refractivity contribution in [3.05, 3.63) is 35.4 Å². The fourth-order valence-corrected chi connectivity index (χ4v) is 2.24. The molecule has 1 aliphatic heterocycles. The molecule has 0 bridgehead atoms. The summed E-state index contributed by atoms with van der Waals surface area (Å²) in [5.74, 6) is 0. The molecular weight excluding hydrogens is 309 g/mol. The third-order valence-electron chi connectivity index (χ3n) is 3.41. The maximum Gasteiger partial charge on any atom is 0.416 e. The van der Waals surface area contributed by atoms with Crippen LogP contribution < -0.4 is 5.32 Å². The highest BCUT2D eigenvalue weighted by molar-refractivity contribution is 5.75. The molecule has 0 aromatic heterocycles. The summed E-state index contributed by atoms with van der Waals surface area (Å²) < 4.78 is 44.1. The largest absolute Gasteiger partial charge is 0.416 e. The van der Waals surface area contributed by atoms with Crippen LogP contribution in [0.5, 0.6) is 0 Å². The number of hydrogen-bond donors (Lipinski definition) is 1. The number of urea groups is 1. The van der Waals surface area contributed by atoms with E-state index in [0.717, 1.165) is 6.07 Å². The second kappa shape index (κ2) is 6.39. The number of rotatable bonds is 3. The van der Waals surface area contributed by atoms with Crippen molar-refractivity contribution < 1.29 is 22.7 Å². The molecule has 0 radical (unpaired) electrons. The first-order valence-corrected chi connectivity index (χ1v) is 7.40. The van der Waals surface area contributed by atoms with Crippen LogP contribution in [-0.4, -0.2) is 35.7 Å². The molecule has 7 heteroatoms. The number of likely N-dealkylation sites (tertiary alicyclic amines) is 1. The number of alkyl halides is 3. The van der Waals surface area contributed by atoms with E-state index in [1.165, 1.54) is 12.1 Å². The summed E-state index contributed by atoms with van der Waals surface area (Å²) in [6, 6.07) is 5.17. The summed E-state index contributed by atoms with van der Waals surface area (Å²) >= 11 is 0. The van der Waals surface area contributed by atoms with Gasteiger partial charge >= 0.3 is 12.2 Å². The van der Waals surface area contributed by atoms with Gasteiger partial charge in [-0.05, 0) is 32.4 Å². The smallest absolute Gasteiger partial charge is 0.370 e. The Balaban J connectivity index is 1.83. The Morgan fingerprint density at radius 2 is 1.87 bits per heavy atom. The van der Waals surface area contributed by atoms with E-state index in [-0.39, 0.29) is 29.8 Å². The Morgan fingerprint density at radius 3 is 2.43 bits per heavy atom. The van der Waals surface area contributed by atoms with Crippen molar-refractivity contribution in [2.75, 3.05) is 13.1 Å². The molecule has 1 fully saturated rings. The molecule has 1 N–H and O–H groups in total. The number of ether oxygens (including phenoxy) is 1. The van der Waals surface area contributed by atoms with Crippen molar-refractivity contribution in [2.45, 2.75) is 45.2 Å². The highest BCUT2D eigenvalue weighted by atomic mass is 19.4. The molecule has 1 heterocycles. The molecule has 128 valence electrons. The summed E-state index contributed by atoms with van der Waals surface area (Å²) in [4.78, 5) is 13.4. The van der Waals surface area contributed by atoms with Crippen LogP contribution in [-0.2, 0) is 17.5 Å². The Morgan fingerprint density at radius 1 is 1.26 bits per heavy atom. The van der Waals surface area contributed by atoms with Crippen molar-refractivity contribution in [3.63, 3.8) is 0 Å². The molecule has 1 aromatic carbocycles. The average molecular weight is 330 g/mol. The van der Waals surface area contributed by atoms with Gasteiger partial charge in [-0.1, -0.05) is 18.2 Å². The zero-order chi connectivity index (χ0) is 17.3. The third kappa shape index (κ3) is 4.86. The normalized spacial score (nSPS) is 16.2. The molecule has 2 rings (SSSR count). The highest BCUT2D eigenvalue weighted by Crippen LogP contribution is 2.32. The lowest BCUT2D eigenvalue weighted by molar-refractivity contribution is -0.139. The molecule has 1 aliphatic rings. The van der Waals surface area contributed by atoms with Crippen molar-refractivity contribution in [1.82, 2.24) is 10.2 Å². The first-order valence-electron chi connectivity index (χ1n) is 7.40. The van der Waals surface area contributed by atoms with Crippen LogP contribution in [0.4, 0.5) is 18.0 Å². The molecule has 0 atom stereocenters. The fourth-order valence-electron chi connectivity index (χ4n) is 2.24. The van der Waals surface area contributed by atoms with E-state index in [0.29, 0.717) is 13.1 Å². The minimum atomic E-state index is -4.39. The van der Waals surface area contributed by atoms with Gasteiger partial charge in [0.25, 0.3) is 0 Å². The monoisotopic (exact) mass is 330 g/mol.